The summed E-state index contributed by atoms with van der Waals surface area (Å²) in [5.74, 6) is 0. The molecule has 0 unspecified atom stereocenters. The van der Waals surface area contributed by atoms with Crippen LogP contribution in [0.15, 0.2) is 35.0 Å². The van der Waals surface area contributed by atoms with E-state index in [4.69, 9.17) is 5.73 Å². The van der Waals surface area contributed by atoms with Crippen LogP contribution >= 0.6 is 11.8 Å². The summed E-state index contributed by atoms with van der Waals surface area (Å²) >= 11 is 1.40. The van der Waals surface area contributed by atoms with Crippen LogP contribution in [0.1, 0.15) is 5.56 Å². The Kier molecular flexibility index (Phi) is 2.60. The Bertz CT molecular complexity index is 708. The Morgan fingerprint density at radius 1 is 1.17 bits per heavy atom. The van der Waals surface area contributed by atoms with Crippen molar-refractivity contribution in [3.05, 3.63) is 30.5 Å². The quantitative estimate of drug-likeness (QED) is 0.681. The van der Waals surface area contributed by atoms with Crippen molar-refractivity contribution >= 4 is 28.6 Å². The number of nitrogens with two attached hydrogens (primary N) is 1. The van der Waals surface area contributed by atoms with E-state index in [9.17, 15) is 0 Å². The molecule has 3 rings (SSSR count). The summed E-state index contributed by atoms with van der Waals surface area (Å²) in [4.78, 5) is 19.7. The highest BCUT2D eigenvalue weighted by molar-refractivity contribution is 7.99. The van der Waals surface area contributed by atoms with Gasteiger partial charge >= 0.3 is 0 Å². The van der Waals surface area contributed by atoms with Crippen LogP contribution in [0.5, 0.6) is 0 Å². The van der Waals surface area contributed by atoms with Gasteiger partial charge in [-0.25, -0.2) is 19.9 Å². The molecule has 0 fully saturated rings. The minimum Gasteiger partial charge on any atom is -0.396 e. The maximum absolute atomic E-state index is 6.00. The lowest BCUT2D eigenvalue weighted by Crippen LogP contribution is -1.95. The summed E-state index contributed by atoms with van der Waals surface area (Å²) < 4.78 is 0. The van der Waals surface area contributed by atoms with Crippen LogP contribution in [0.2, 0.25) is 0 Å². The van der Waals surface area contributed by atoms with Crippen LogP contribution in [0, 0.1) is 6.92 Å². The zero-order valence-electron chi connectivity index (χ0n) is 9.58. The number of nitrogens with one attached hydrogen (secondary N) is 1. The van der Waals surface area contributed by atoms with Gasteiger partial charge in [0.1, 0.15) is 21.9 Å². The molecule has 6 nitrogen and oxygen atoms in total. The molecule has 0 radical (unpaired) electrons. The molecule has 3 aromatic rings. The first-order valence-corrected chi connectivity index (χ1v) is 6.10. The molecule has 0 bridgehead atoms. The Balaban J connectivity index is 2.06. The average Bonchev–Trinajstić information content (AvgIpc) is 2.84. The highest BCUT2D eigenvalue weighted by Gasteiger charge is 2.11. The Morgan fingerprint density at radius 3 is 2.94 bits per heavy atom. The first-order chi connectivity index (χ1) is 8.75. The van der Waals surface area contributed by atoms with E-state index >= 15 is 0 Å². The molecule has 3 aromatic heterocycles. The van der Waals surface area contributed by atoms with E-state index in [-0.39, 0.29) is 0 Å². The number of pyridine rings is 1. The lowest BCUT2D eigenvalue weighted by molar-refractivity contribution is 1.07. The van der Waals surface area contributed by atoms with Crippen molar-refractivity contribution in [3.63, 3.8) is 0 Å². The monoisotopic (exact) mass is 258 g/mol. The van der Waals surface area contributed by atoms with Gasteiger partial charge in [-0.15, -0.1) is 0 Å². The van der Waals surface area contributed by atoms with Crippen molar-refractivity contribution in [2.45, 2.75) is 17.0 Å². The van der Waals surface area contributed by atoms with Crippen molar-refractivity contribution in [2.24, 2.45) is 0 Å². The molecule has 7 heteroatoms. The van der Waals surface area contributed by atoms with E-state index < -0.39 is 0 Å². The van der Waals surface area contributed by atoms with Gasteiger partial charge in [0.15, 0.2) is 5.65 Å². The molecule has 0 spiro atoms. The third kappa shape index (κ3) is 1.78. The van der Waals surface area contributed by atoms with Gasteiger partial charge in [-0.2, -0.15) is 0 Å². The molecule has 0 atom stereocenters. The molecular weight excluding hydrogens is 248 g/mol. The van der Waals surface area contributed by atoms with Crippen LogP contribution in [0.25, 0.3) is 11.2 Å². The molecular formula is C11H10N6S. The molecule has 0 aliphatic carbocycles. The van der Waals surface area contributed by atoms with Gasteiger partial charge in [0, 0.05) is 6.20 Å². The molecule has 0 aliphatic heterocycles. The van der Waals surface area contributed by atoms with E-state index in [0.717, 1.165) is 21.1 Å². The number of nitrogen functional groups attached to an aromatic ring is 1. The maximum Gasteiger partial charge on any atom is 0.181 e. The number of H-pyrrole nitrogens is 1. The number of aryl methyl sites for hydroxylation is 1. The van der Waals surface area contributed by atoms with E-state index in [0.29, 0.717) is 11.3 Å². The smallest absolute Gasteiger partial charge is 0.181 e. The van der Waals surface area contributed by atoms with Gasteiger partial charge in [0.05, 0.1) is 12.0 Å². The van der Waals surface area contributed by atoms with Gasteiger partial charge in [0.25, 0.3) is 0 Å². The van der Waals surface area contributed by atoms with Gasteiger partial charge in [0.2, 0.25) is 0 Å². The number of aromatic nitrogens is 5. The summed E-state index contributed by atoms with van der Waals surface area (Å²) in [5, 5.41) is 1.51. The van der Waals surface area contributed by atoms with Crippen molar-refractivity contribution in [2.75, 3.05) is 5.73 Å². The number of anilines is 1. The van der Waals surface area contributed by atoms with Crippen molar-refractivity contribution in [1.29, 1.82) is 0 Å². The standard InChI is InChI=1S/C11H10N6S/c1-6-2-3-13-10(7(6)12)18-11-8-9(15-4-14-8)16-5-17-11/h2-5H,12H2,1H3,(H,14,15,16,17). The molecule has 0 saturated carbocycles. The maximum atomic E-state index is 6.00. The van der Waals surface area contributed by atoms with E-state index in [1.54, 1.807) is 12.5 Å². The second-order valence-electron chi connectivity index (χ2n) is 3.73. The number of aromatic amines is 1. The second kappa shape index (κ2) is 4.26. The number of imidazole rings is 1. The molecule has 0 saturated heterocycles. The number of rotatable bonds is 2. The fourth-order valence-corrected chi connectivity index (χ4v) is 2.46. The summed E-state index contributed by atoms with van der Waals surface area (Å²) in [5.41, 5.74) is 9.11. The Hall–Kier alpha value is -2.15. The van der Waals surface area contributed by atoms with E-state index in [1.807, 2.05) is 13.0 Å². The third-order valence-electron chi connectivity index (χ3n) is 2.55. The molecule has 0 aromatic carbocycles. The number of nitrogens with zero attached hydrogens (tertiary/aromatic N) is 4. The Morgan fingerprint density at radius 2 is 2.06 bits per heavy atom. The van der Waals surface area contributed by atoms with Crippen molar-refractivity contribution < 1.29 is 0 Å². The average molecular weight is 258 g/mol. The normalized spacial score (nSPS) is 10.9. The number of fused-ring (bicyclic) bond motifs is 1. The Labute approximate surface area is 107 Å². The third-order valence-corrected chi connectivity index (χ3v) is 3.57. The van der Waals surface area contributed by atoms with Gasteiger partial charge in [-0.1, -0.05) is 0 Å². The van der Waals surface area contributed by atoms with Crippen molar-refractivity contribution in [3.8, 4) is 0 Å². The minimum absolute atomic E-state index is 0.638. The first kappa shape index (κ1) is 11.0. The molecule has 0 amide bonds. The van der Waals surface area contributed by atoms with Crippen LogP contribution < -0.4 is 5.73 Å². The molecule has 3 N–H and O–H groups in total. The van der Waals surface area contributed by atoms with Gasteiger partial charge < -0.3 is 10.7 Å². The SMILES string of the molecule is Cc1ccnc(Sc2ncnc3nc[nH]c23)c1N. The highest BCUT2D eigenvalue weighted by Crippen LogP contribution is 2.32. The fourth-order valence-electron chi connectivity index (χ4n) is 1.54. The minimum atomic E-state index is 0.638. The summed E-state index contributed by atoms with van der Waals surface area (Å²) in [6, 6.07) is 1.88. The second-order valence-corrected chi connectivity index (χ2v) is 4.71. The molecule has 3 heterocycles. The highest BCUT2D eigenvalue weighted by atomic mass is 32.2. The van der Waals surface area contributed by atoms with Gasteiger partial charge in [-0.05, 0) is 30.3 Å². The lowest BCUT2D eigenvalue weighted by Gasteiger charge is -2.06. The van der Waals surface area contributed by atoms with Gasteiger partial charge in [-0.3, -0.25) is 0 Å². The fraction of sp³-hybridized carbons (Fsp3) is 0.0909. The van der Waals surface area contributed by atoms with Crippen LogP contribution in [-0.4, -0.2) is 24.9 Å². The lowest BCUT2D eigenvalue weighted by atomic mass is 10.3. The summed E-state index contributed by atoms with van der Waals surface area (Å²) in [6.07, 6.45) is 4.81. The summed E-state index contributed by atoms with van der Waals surface area (Å²) in [7, 11) is 0. The number of hydrogen-bond acceptors (Lipinski definition) is 6. The predicted octanol–water partition coefficient (Wildman–Crippen LogP) is 1.79. The largest absolute Gasteiger partial charge is 0.396 e. The molecule has 18 heavy (non-hydrogen) atoms. The predicted molar refractivity (Wildman–Crippen MR) is 69.2 cm³/mol. The van der Waals surface area contributed by atoms with E-state index in [1.165, 1.54) is 18.1 Å². The summed E-state index contributed by atoms with van der Waals surface area (Å²) in [6.45, 7) is 1.95. The molecule has 0 aliphatic rings. The van der Waals surface area contributed by atoms with Crippen LogP contribution in [-0.2, 0) is 0 Å². The zero-order valence-corrected chi connectivity index (χ0v) is 10.4. The number of hydrogen-bond donors (Lipinski definition) is 2. The zero-order chi connectivity index (χ0) is 12.5. The van der Waals surface area contributed by atoms with Crippen molar-refractivity contribution in [1.82, 2.24) is 24.9 Å². The van der Waals surface area contributed by atoms with Crippen LogP contribution in [0.3, 0.4) is 0 Å². The first-order valence-electron chi connectivity index (χ1n) is 5.28. The van der Waals surface area contributed by atoms with E-state index in [2.05, 4.69) is 24.9 Å². The van der Waals surface area contributed by atoms with Crippen LogP contribution in [0.4, 0.5) is 5.69 Å². The molecule has 90 valence electrons. The topological polar surface area (TPSA) is 93.4 Å².